The monoisotopic (exact) mass is 502 g/mol. The van der Waals surface area contributed by atoms with Gasteiger partial charge >= 0.3 is 10.2 Å². The zero-order valence-corrected chi connectivity index (χ0v) is 18.4. The van der Waals surface area contributed by atoms with Crippen molar-refractivity contribution >= 4 is 38.5 Å². The molecule has 182 valence electrons. The Morgan fingerprint density at radius 2 is 1.53 bits per heavy atom. The number of nitrogens with zero attached hydrogens (tertiary/aromatic N) is 1. The van der Waals surface area contributed by atoms with Crippen molar-refractivity contribution in [3.8, 4) is 0 Å². The summed E-state index contributed by atoms with van der Waals surface area (Å²) in [6.45, 7) is 0. The van der Waals surface area contributed by atoms with Crippen LogP contribution in [0.1, 0.15) is 37.2 Å². The number of aromatic nitrogens is 1. The fourth-order valence-corrected chi connectivity index (χ4v) is 4.99. The molecule has 1 heterocycles. The van der Waals surface area contributed by atoms with Gasteiger partial charge in [-0.1, -0.05) is 19.4 Å². The van der Waals surface area contributed by atoms with Crippen LogP contribution in [0.4, 0.5) is 29.5 Å². The van der Waals surface area contributed by atoms with E-state index in [9.17, 15) is 33.4 Å². The van der Waals surface area contributed by atoms with Crippen molar-refractivity contribution in [3.63, 3.8) is 0 Å². The zero-order valence-electron chi connectivity index (χ0n) is 17.6. The van der Waals surface area contributed by atoms with Crippen LogP contribution in [0.3, 0.4) is 0 Å². The highest BCUT2D eigenvalue weighted by Gasteiger charge is 2.65. The van der Waals surface area contributed by atoms with Crippen LogP contribution in [0.15, 0.2) is 59.6 Å². The molecule has 0 atom stereocenters. The number of pyridine rings is 1. The Balaban J connectivity index is 1.39. The maximum absolute atomic E-state index is 13.7. The molecule has 1 fully saturated rings. The first-order valence-corrected chi connectivity index (χ1v) is 12.4. The second-order valence-corrected chi connectivity index (χ2v) is 10.8. The van der Waals surface area contributed by atoms with E-state index in [0.717, 1.165) is 5.56 Å². The third-order valence-corrected chi connectivity index (χ3v) is 7.22. The number of benzene rings is 2. The number of ketones is 1. The highest BCUT2D eigenvalue weighted by atomic mass is 32.5. The van der Waals surface area contributed by atoms with Crippen LogP contribution in [0.25, 0.3) is 10.9 Å². The SMILES string of the molecule is O=C(Nc1ccc(S(F)(F)(F)(F)F)cc1)C(=O)C1CCC(c2ccnc3ccc(F)cc23)CC1. The van der Waals surface area contributed by atoms with Gasteiger partial charge in [0.2, 0.25) is 5.78 Å². The summed E-state index contributed by atoms with van der Waals surface area (Å²) in [4.78, 5) is 27.0. The summed E-state index contributed by atoms with van der Waals surface area (Å²) in [5.74, 6) is -2.64. The molecule has 1 saturated carbocycles. The number of nitrogens with one attached hydrogen (secondary N) is 1. The van der Waals surface area contributed by atoms with E-state index in [0.29, 0.717) is 48.7 Å². The molecule has 3 aromatic rings. The van der Waals surface area contributed by atoms with Gasteiger partial charge in [-0.3, -0.25) is 14.6 Å². The minimum absolute atomic E-state index is 0.0545. The van der Waals surface area contributed by atoms with Gasteiger partial charge in [-0.2, -0.15) is 0 Å². The van der Waals surface area contributed by atoms with Crippen molar-refractivity contribution in [2.75, 3.05) is 5.32 Å². The van der Waals surface area contributed by atoms with Gasteiger partial charge in [0.1, 0.15) is 10.7 Å². The molecule has 0 unspecified atom stereocenters. The molecule has 1 aliphatic rings. The van der Waals surface area contributed by atoms with Gasteiger partial charge in [0.15, 0.2) is 0 Å². The largest absolute Gasteiger partial charge is 0.319 e. The fraction of sp³-hybridized carbons (Fsp3) is 0.261. The van der Waals surface area contributed by atoms with E-state index in [2.05, 4.69) is 10.3 Å². The summed E-state index contributed by atoms with van der Waals surface area (Å²) in [6.07, 6.45) is 3.61. The lowest BCUT2D eigenvalue weighted by molar-refractivity contribution is -0.137. The van der Waals surface area contributed by atoms with Crippen LogP contribution < -0.4 is 5.32 Å². The minimum atomic E-state index is -9.81. The molecule has 1 N–H and O–H groups in total. The maximum Gasteiger partial charge on any atom is 0.310 e. The third kappa shape index (κ3) is 5.19. The van der Waals surface area contributed by atoms with E-state index in [-0.39, 0.29) is 29.6 Å². The average molecular weight is 502 g/mol. The van der Waals surface area contributed by atoms with E-state index in [4.69, 9.17) is 0 Å². The van der Waals surface area contributed by atoms with Crippen LogP contribution in [-0.4, -0.2) is 16.7 Å². The Hall–Kier alpha value is -3.08. The molecule has 0 bridgehead atoms. The minimum Gasteiger partial charge on any atom is -0.319 e. The molecule has 0 radical (unpaired) electrons. The topological polar surface area (TPSA) is 59.1 Å². The van der Waals surface area contributed by atoms with Crippen LogP contribution in [0.2, 0.25) is 0 Å². The lowest BCUT2D eigenvalue weighted by atomic mass is 9.76. The lowest BCUT2D eigenvalue weighted by Crippen LogP contribution is -2.31. The Labute approximate surface area is 191 Å². The summed E-state index contributed by atoms with van der Waals surface area (Å²) in [7, 11) is -9.81. The van der Waals surface area contributed by atoms with Crippen LogP contribution in [0.5, 0.6) is 0 Å². The molecule has 2 aromatic carbocycles. The molecule has 0 saturated heterocycles. The number of rotatable bonds is 5. The number of anilines is 1. The lowest BCUT2D eigenvalue weighted by Gasteiger charge is -2.40. The quantitative estimate of drug-likeness (QED) is 0.290. The standard InChI is InChI=1S/C23H20F6N2O2S/c24-16-5-10-21-20(13-16)19(11-12-30-21)14-1-3-15(4-2-14)22(32)23(33)31-17-6-8-18(9-7-17)34(25,26,27,28)29/h5-15H,1-4H2,(H,31,33). The van der Waals surface area contributed by atoms with Crippen molar-refractivity contribution in [3.05, 3.63) is 66.1 Å². The van der Waals surface area contributed by atoms with E-state index in [1.165, 1.54) is 12.1 Å². The molecular weight excluding hydrogens is 482 g/mol. The van der Waals surface area contributed by atoms with Crippen molar-refractivity contribution in [2.24, 2.45) is 5.92 Å². The van der Waals surface area contributed by atoms with Crippen LogP contribution in [0, 0.1) is 11.7 Å². The Bertz CT molecular complexity index is 1270. The number of Topliss-reactive ketones (excluding diaryl/α,β-unsaturated/α-hetero) is 1. The number of amides is 1. The van der Waals surface area contributed by atoms with Crippen molar-refractivity contribution in [1.29, 1.82) is 0 Å². The molecule has 1 aromatic heterocycles. The number of carbonyl (C=O) groups is 2. The number of hydrogen-bond donors (Lipinski definition) is 1. The highest BCUT2D eigenvalue weighted by Crippen LogP contribution is 3.02. The summed E-state index contributed by atoms with van der Waals surface area (Å²) in [5.41, 5.74) is 1.39. The van der Waals surface area contributed by atoms with E-state index in [1.54, 1.807) is 12.3 Å². The first-order valence-electron chi connectivity index (χ1n) is 10.4. The number of hydrogen-bond acceptors (Lipinski definition) is 3. The zero-order chi connectivity index (χ0) is 24.8. The Morgan fingerprint density at radius 1 is 0.882 bits per heavy atom. The van der Waals surface area contributed by atoms with Crippen molar-refractivity contribution in [2.45, 2.75) is 36.5 Å². The number of carbonyl (C=O) groups excluding carboxylic acids is 2. The van der Waals surface area contributed by atoms with Crippen molar-refractivity contribution in [1.82, 2.24) is 4.98 Å². The molecule has 0 aliphatic heterocycles. The first-order chi connectivity index (χ1) is 15.7. The van der Waals surface area contributed by atoms with Gasteiger partial charge < -0.3 is 5.32 Å². The van der Waals surface area contributed by atoms with Gasteiger partial charge in [-0.15, -0.1) is 0 Å². The first kappa shape index (κ1) is 24.1. The highest BCUT2D eigenvalue weighted by molar-refractivity contribution is 8.45. The molecule has 11 heteroatoms. The Kier molecular flexibility index (Phi) is 5.47. The average Bonchev–Trinajstić information content (AvgIpc) is 2.77. The van der Waals surface area contributed by atoms with Crippen LogP contribution >= 0.6 is 10.2 Å². The maximum atomic E-state index is 13.7. The Morgan fingerprint density at radius 3 is 2.15 bits per heavy atom. The second-order valence-electron chi connectivity index (χ2n) is 8.42. The van der Waals surface area contributed by atoms with E-state index in [1.807, 2.05) is 6.07 Å². The van der Waals surface area contributed by atoms with Gasteiger partial charge in [0.05, 0.1) is 5.52 Å². The predicted octanol–water partition coefficient (Wildman–Crippen LogP) is 7.51. The molecule has 0 spiro atoms. The molecule has 1 amide bonds. The van der Waals surface area contributed by atoms with Gasteiger partial charge in [-0.25, -0.2) is 4.39 Å². The summed E-state index contributed by atoms with van der Waals surface area (Å²) in [5, 5.41) is 2.88. The molecule has 1 aliphatic carbocycles. The van der Waals surface area contributed by atoms with E-state index < -0.39 is 32.7 Å². The summed E-state index contributed by atoms with van der Waals surface area (Å²) < 4.78 is 77.8. The summed E-state index contributed by atoms with van der Waals surface area (Å²) >= 11 is 0. The molecular formula is C23H20F6N2O2S. The van der Waals surface area contributed by atoms with Gasteiger partial charge in [-0.05, 0) is 85.7 Å². The molecule has 34 heavy (non-hydrogen) atoms. The number of halogens is 6. The van der Waals surface area contributed by atoms with Crippen molar-refractivity contribution < 1.29 is 33.4 Å². The fourth-order valence-electron chi connectivity index (χ4n) is 4.34. The normalized spacial score (nSPS) is 20.9. The molecule has 4 nitrogen and oxygen atoms in total. The summed E-state index contributed by atoms with van der Waals surface area (Å²) in [6, 6.07) is 7.88. The predicted molar refractivity (Wildman–Crippen MR) is 118 cm³/mol. The molecule has 4 rings (SSSR count). The van der Waals surface area contributed by atoms with E-state index >= 15 is 0 Å². The van der Waals surface area contributed by atoms with Gasteiger partial charge in [0.25, 0.3) is 5.91 Å². The van der Waals surface area contributed by atoms with Crippen LogP contribution in [-0.2, 0) is 9.59 Å². The smallest absolute Gasteiger partial charge is 0.310 e. The third-order valence-electron chi connectivity index (χ3n) is 6.06. The second kappa shape index (κ2) is 7.72. The van der Waals surface area contributed by atoms with Gasteiger partial charge in [0, 0.05) is 23.2 Å². The number of fused-ring (bicyclic) bond motifs is 1.